The van der Waals surface area contributed by atoms with Crippen molar-refractivity contribution in [2.24, 2.45) is 5.73 Å². The lowest BCUT2D eigenvalue weighted by atomic mass is 10.2. The fraction of sp³-hybridized carbons (Fsp3) is 0. The van der Waals surface area contributed by atoms with Gasteiger partial charge in [0.15, 0.2) is 0 Å². The van der Waals surface area contributed by atoms with Gasteiger partial charge < -0.3 is 16.2 Å². The van der Waals surface area contributed by atoms with Crippen molar-refractivity contribution in [3.8, 4) is 0 Å². The number of nitrogens with one attached hydrogen (secondary N) is 1. The van der Waals surface area contributed by atoms with Crippen LogP contribution < -0.4 is 11.1 Å². The molecule has 2 rings (SSSR count). The molecule has 1 aromatic carbocycles. The van der Waals surface area contributed by atoms with E-state index in [1.807, 2.05) is 0 Å². The number of anilines is 2. The third-order valence-corrected chi connectivity index (χ3v) is 2.85. The molecule has 1 aromatic heterocycles. The van der Waals surface area contributed by atoms with Gasteiger partial charge in [0.1, 0.15) is 5.82 Å². The molecule has 0 saturated carbocycles. The fourth-order valence-electron chi connectivity index (χ4n) is 1.61. The van der Waals surface area contributed by atoms with Gasteiger partial charge in [0.05, 0.1) is 16.1 Å². The van der Waals surface area contributed by atoms with Crippen LogP contribution in [0.3, 0.4) is 0 Å². The number of carboxylic acid groups (broad SMARTS) is 1. The lowest BCUT2D eigenvalue weighted by molar-refractivity contribution is 0.0697. The predicted octanol–water partition coefficient (Wildman–Crippen LogP) is 2.28. The van der Waals surface area contributed by atoms with Crippen molar-refractivity contribution in [2.45, 2.75) is 0 Å². The summed E-state index contributed by atoms with van der Waals surface area (Å²) >= 11 is 5.86. The summed E-state index contributed by atoms with van der Waals surface area (Å²) < 4.78 is 0. The topological polar surface area (TPSA) is 105 Å². The lowest BCUT2D eigenvalue weighted by Gasteiger charge is -2.09. The molecule has 0 spiro atoms. The van der Waals surface area contributed by atoms with Gasteiger partial charge in [-0.1, -0.05) is 11.6 Å². The minimum absolute atomic E-state index is 0.00615. The fourth-order valence-corrected chi connectivity index (χ4v) is 1.87. The van der Waals surface area contributed by atoms with Crippen LogP contribution in [0.4, 0.5) is 11.5 Å². The second kappa shape index (κ2) is 5.58. The molecule has 1 amide bonds. The normalized spacial score (nSPS) is 10.1. The summed E-state index contributed by atoms with van der Waals surface area (Å²) in [6.45, 7) is 0. The van der Waals surface area contributed by atoms with E-state index in [1.165, 1.54) is 30.5 Å². The molecule has 20 heavy (non-hydrogen) atoms. The Balaban J connectivity index is 2.34. The van der Waals surface area contributed by atoms with Gasteiger partial charge in [-0.25, -0.2) is 9.78 Å². The number of pyridine rings is 1. The van der Waals surface area contributed by atoms with Crippen LogP contribution in [0.5, 0.6) is 0 Å². The number of amides is 1. The molecule has 1 heterocycles. The number of carbonyl (C=O) groups excluding carboxylic acids is 1. The van der Waals surface area contributed by atoms with Gasteiger partial charge in [-0.15, -0.1) is 0 Å². The van der Waals surface area contributed by atoms with Gasteiger partial charge in [0, 0.05) is 11.9 Å². The quantitative estimate of drug-likeness (QED) is 0.801. The molecule has 0 aliphatic carbocycles. The molecule has 7 heteroatoms. The number of hydrogen-bond donors (Lipinski definition) is 3. The summed E-state index contributed by atoms with van der Waals surface area (Å²) in [7, 11) is 0. The summed E-state index contributed by atoms with van der Waals surface area (Å²) in [5.74, 6) is -1.45. The molecule has 102 valence electrons. The zero-order chi connectivity index (χ0) is 14.7. The molecule has 0 radical (unpaired) electrons. The minimum atomic E-state index is -1.11. The van der Waals surface area contributed by atoms with Crippen LogP contribution in [-0.4, -0.2) is 22.0 Å². The zero-order valence-electron chi connectivity index (χ0n) is 10.1. The van der Waals surface area contributed by atoms with Gasteiger partial charge >= 0.3 is 5.97 Å². The van der Waals surface area contributed by atoms with Crippen molar-refractivity contribution in [3.05, 3.63) is 52.7 Å². The molecule has 0 unspecified atom stereocenters. The molecular weight excluding hydrogens is 282 g/mol. The van der Waals surface area contributed by atoms with Gasteiger partial charge in [0.25, 0.3) is 5.91 Å². The van der Waals surface area contributed by atoms with E-state index in [1.54, 1.807) is 6.07 Å². The van der Waals surface area contributed by atoms with Crippen LogP contribution in [-0.2, 0) is 0 Å². The monoisotopic (exact) mass is 291 g/mol. The summed E-state index contributed by atoms with van der Waals surface area (Å²) in [4.78, 5) is 26.1. The maximum atomic E-state index is 11.3. The minimum Gasteiger partial charge on any atom is -0.478 e. The molecule has 0 atom stereocenters. The van der Waals surface area contributed by atoms with Gasteiger partial charge in [-0.05, 0) is 30.3 Å². The Labute approximate surface area is 119 Å². The van der Waals surface area contributed by atoms with E-state index < -0.39 is 11.9 Å². The van der Waals surface area contributed by atoms with Crippen LogP contribution in [0.25, 0.3) is 0 Å². The van der Waals surface area contributed by atoms with Crippen LogP contribution in [0.1, 0.15) is 20.7 Å². The Kier molecular flexibility index (Phi) is 3.86. The van der Waals surface area contributed by atoms with Crippen molar-refractivity contribution >= 4 is 35.0 Å². The maximum Gasteiger partial charge on any atom is 0.337 e. The molecule has 2 aromatic rings. The van der Waals surface area contributed by atoms with Crippen LogP contribution >= 0.6 is 11.6 Å². The first-order chi connectivity index (χ1) is 9.49. The number of nitrogens with zero attached hydrogens (tertiary/aromatic N) is 1. The first-order valence-corrected chi connectivity index (χ1v) is 5.91. The number of nitrogens with two attached hydrogens (primary N) is 1. The molecule has 0 aliphatic rings. The number of hydrogen-bond acceptors (Lipinski definition) is 4. The van der Waals surface area contributed by atoms with Crippen molar-refractivity contribution < 1.29 is 14.7 Å². The van der Waals surface area contributed by atoms with Crippen LogP contribution in [0.2, 0.25) is 5.02 Å². The van der Waals surface area contributed by atoms with E-state index in [-0.39, 0.29) is 22.0 Å². The standard InChI is InChI=1S/C13H10ClN3O3/c14-10-6-7(3-4-8(10)13(19)20)17-12-9(11(15)18)2-1-5-16-12/h1-6H,(H2,15,18)(H,16,17)(H,19,20). The van der Waals surface area contributed by atoms with Crippen molar-refractivity contribution in [1.29, 1.82) is 0 Å². The highest BCUT2D eigenvalue weighted by Gasteiger charge is 2.12. The third kappa shape index (κ3) is 2.86. The summed E-state index contributed by atoms with van der Waals surface area (Å²) in [5, 5.41) is 11.8. The summed E-state index contributed by atoms with van der Waals surface area (Å²) in [6.07, 6.45) is 1.50. The molecule has 0 fully saturated rings. The van der Waals surface area contributed by atoms with E-state index in [2.05, 4.69) is 10.3 Å². The van der Waals surface area contributed by atoms with Crippen LogP contribution in [0.15, 0.2) is 36.5 Å². The SMILES string of the molecule is NC(=O)c1cccnc1Nc1ccc(C(=O)O)c(Cl)c1. The smallest absolute Gasteiger partial charge is 0.337 e. The first kappa shape index (κ1) is 13.8. The van der Waals surface area contributed by atoms with E-state index in [0.717, 1.165) is 0 Å². The zero-order valence-corrected chi connectivity index (χ0v) is 10.9. The molecule has 4 N–H and O–H groups in total. The number of primary amides is 1. The average molecular weight is 292 g/mol. The molecular formula is C13H10ClN3O3. The molecule has 0 saturated heterocycles. The number of aromatic nitrogens is 1. The largest absolute Gasteiger partial charge is 0.478 e. The average Bonchev–Trinajstić information content (AvgIpc) is 2.38. The predicted molar refractivity (Wildman–Crippen MR) is 74.4 cm³/mol. The molecule has 0 aliphatic heterocycles. The Morgan fingerprint density at radius 3 is 2.60 bits per heavy atom. The van der Waals surface area contributed by atoms with E-state index in [9.17, 15) is 9.59 Å². The van der Waals surface area contributed by atoms with Gasteiger partial charge in [-0.2, -0.15) is 0 Å². The number of halogens is 1. The van der Waals surface area contributed by atoms with E-state index in [0.29, 0.717) is 5.69 Å². The Bertz CT molecular complexity index is 688. The number of rotatable bonds is 4. The van der Waals surface area contributed by atoms with E-state index in [4.69, 9.17) is 22.4 Å². The first-order valence-electron chi connectivity index (χ1n) is 5.53. The highest BCUT2D eigenvalue weighted by atomic mass is 35.5. The van der Waals surface area contributed by atoms with Crippen LogP contribution in [0, 0.1) is 0 Å². The highest BCUT2D eigenvalue weighted by molar-refractivity contribution is 6.33. The second-order valence-electron chi connectivity index (χ2n) is 3.89. The van der Waals surface area contributed by atoms with Gasteiger partial charge in [0.2, 0.25) is 0 Å². The van der Waals surface area contributed by atoms with Crippen molar-refractivity contribution in [3.63, 3.8) is 0 Å². The number of carboxylic acids is 1. The van der Waals surface area contributed by atoms with Crippen molar-refractivity contribution in [2.75, 3.05) is 5.32 Å². The highest BCUT2D eigenvalue weighted by Crippen LogP contribution is 2.24. The Morgan fingerprint density at radius 1 is 1.25 bits per heavy atom. The number of carbonyl (C=O) groups is 2. The number of benzene rings is 1. The summed E-state index contributed by atoms with van der Waals surface area (Å²) in [5.41, 5.74) is 5.96. The second-order valence-corrected chi connectivity index (χ2v) is 4.30. The van der Waals surface area contributed by atoms with Crippen molar-refractivity contribution in [1.82, 2.24) is 4.98 Å². The number of aromatic carboxylic acids is 1. The summed E-state index contributed by atoms with van der Waals surface area (Å²) in [6, 6.07) is 7.44. The van der Waals surface area contributed by atoms with Gasteiger partial charge in [-0.3, -0.25) is 4.79 Å². The Hall–Kier alpha value is -2.60. The molecule has 6 nitrogen and oxygen atoms in total. The molecule has 0 bridgehead atoms. The Morgan fingerprint density at radius 2 is 2.00 bits per heavy atom. The van der Waals surface area contributed by atoms with E-state index >= 15 is 0 Å². The lowest BCUT2D eigenvalue weighted by Crippen LogP contribution is -2.14. The third-order valence-electron chi connectivity index (χ3n) is 2.54. The maximum absolute atomic E-state index is 11.3.